The van der Waals surface area contributed by atoms with E-state index in [0.29, 0.717) is 11.1 Å². The molecule has 0 atom stereocenters. The zero-order valence-electron chi connectivity index (χ0n) is 11.9. The lowest BCUT2D eigenvalue weighted by Crippen LogP contribution is -2.28. The maximum Gasteiger partial charge on any atom is 0.264 e. The van der Waals surface area contributed by atoms with Gasteiger partial charge in [0.2, 0.25) is 0 Å². The molecule has 2 aromatic rings. The van der Waals surface area contributed by atoms with Crippen molar-refractivity contribution in [1.29, 1.82) is 0 Å². The Morgan fingerprint density at radius 1 is 1.15 bits per heavy atom. The first-order valence-electron chi connectivity index (χ1n) is 6.52. The predicted molar refractivity (Wildman–Crippen MR) is 83.1 cm³/mol. The van der Waals surface area contributed by atoms with Crippen LogP contribution in [-0.2, 0) is 0 Å². The van der Waals surface area contributed by atoms with Crippen LogP contribution in [0.1, 0.15) is 24.2 Å². The molecule has 3 nitrogen and oxygen atoms in total. The van der Waals surface area contributed by atoms with Crippen LogP contribution in [0.4, 0.5) is 0 Å². The minimum atomic E-state index is -0.0463. The number of hydrogen-bond acceptors (Lipinski definition) is 3. The van der Waals surface area contributed by atoms with Crippen molar-refractivity contribution in [1.82, 2.24) is 4.57 Å². The molecule has 1 heterocycles. The van der Waals surface area contributed by atoms with E-state index in [1.807, 2.05) is 62.6 Å². The molecule has 0 N–H and O–H groups in total. The first-order valence-corrected chi connectivity index (χ1v) is 7.75. The van der Waals surface area contributed by atoms with Gasteiger partial charge < -0.3 is 0 Å². The van der Waals surface area contributed by atoms with Gasteiger partial charge >= 0.3 is 0 Å². The van der Waals surface area contributed by atoms with Crippen LogP contribution in [0.15, 0.2) is 58.5 Å². The molecule has 0 fully saturated rings. The van der Waals surface area contributed by atoms with Gasteiger partial charge in [0, 0.05) is 17.1 Å². The molecule has 0 aliphatic carbocycles. The van der Waals surface area contributed by atoms with Crippen LogP contribution in [0.5, 0.6) is 0 Å². The van der Waals surface area contributed by atoms with Crippen LogP contribution >= 0.6 is 11.8 Å². The molecule has 0 spiro atoms. The van der Waals surface area contributed by atoms with E-state index in [-0.39, 0.29) is 11.9 Å². The van der Waals surface area contributed by atoms with Crippen LogP contribution in [0.25, 0.3) is 0 Å². The van der Waals surface area contributed by atoms with Gasteiger partial charge in [-0.25, -0.2) is 0 Å². The summed E-state index contributed by atoms with van der Waals surface area (Å²) in [5, 5.41) is 0. The molecule has 104 valence electrons. The summed E-state index contributed by atoms with van der Waals surface area (Å²) in [7, 11) is 0. The number of carbonyl (C=O) groups is 1. The van der Waals surface area contributed by atoms with E-state index in [2.05, 4.69) is 4.99 Å². The Hall–Kier alpha value is -1.81. The highest BCUT2D eigenvalue weighted by Gasteiger charge is 2.12. The second-order valence-corrected chi connectivity index (χ2v) is 5.51. The second kappa shape index (κ2) is 6.57. The van der Waals surface area contributed by atoms with Gasteiger partial charge in [0.05, 0.1) is 5.56 Å². The molecule has 20 heavy (non-hydrogen) atoms. The normalized spacial score (nSPS) is 11.9. The maximum atomic E-state index is 12.7. The minimum Gasteiger partial charge on any atom is -0.268 e. The third-order valence-corrected chi connectivity index (χ3v) is 3.58. The standard InChI is InChI=1S/C16H18N2OS/c1-12(2)17-15-10-6-7-11-18(15)16(19)13-8-4-5-9-14(13)20-3/h4-12H,1-3H3. The Kier molecular flexibility index (Phi) is 4.79. The monoisotopic (exact) mass is 286 g/mol. The molecule has 4 heteroatoms. The van der Waals surface area contributed by atoms with Crippen LogP contribution in [-0.4, -0.2) is 22.8 Å². The SMILES string of the molecule is CSc1ccccc1C(=O)n1ccccc1=NC(C)C. The minimum absolute atomic E-state index is 0.0463. The fourth-order valence-corrected chi connectivity index (χ4v) is 2.52. The molecule has 1 aromatic carbocycles. The lowest BCUT2D eigenvalue weighted by Gasteiger charge is -2.09. The van der Waals surface area contributed by atoms with Crippen molar-refractivity contribution in [2.45, 2.75) is 24.8 Å². The number of rotatable bonds is 3. The molecule has 0 unspecified atom stereocenters. The summed E-state index contributed by atoms with van der Waals surface area (Å²) < 4.78 is 1.61. The van der Waals surface area contributed by atoms with Gasteiger partial charge in [-0.1, -0.05) is 18.2 Å². The lowest BCUT2D eigenvalue weighted by atomic mass is 10.2. The first-order chi connectivity index (χ1) is 9.63. The van der Waals surface area contributed by atoms with Crippen molar-refractivity contribution in [3.05, 3.63) is 59.7 Å². The summed E-state index contributed by atoms with van der Waals surface area (Å²) in [6.07, 6.45) is 3.74. The molecular weight excluding hydrogens is 268 g/mol. The van der Waals surface area contributed by atoms with Crippen LogP contribution < -0.4 is 5.49 Å². The summed E-state index contributed by atoms with van der Waals surface area (Å²) in [5.74, 6) is -0.0463. The molecule has 0 radical (unpaired) electrons. The van der Waals surface area contributed by atoms with Gasteiger partial charge in [-0.15, -0.1) is 11.8 Å². The first kappa shape index (κ1) is 14.6. The number of benzene rings is 1. The summed E-state index contributed by atoms with van der Waals surface area (Å²) in [4.78, 5) is 18.2. The van der Waals surface area contributed by atoms with Crippen molar-refractivity contribution in [2.75, 3.05) is 6.26 Å². The van der Waals surface area contributed by atoms with E-state index in [9.17, 15) is 4.79 Å². The van der Waals surface area contributed by atoms with Gasteiger partial charge in [0.15, 0.2) is 0 Å². The van der Waals surface area contributed by atoms with E-state index >= 15 is 0 Å². The molecule has 0 aliphatic heterocycles. The fraction of sp³-hybridized carbons (Fsp3) is 0.250. The van der Waals surface area contributed by atoms with Crippen molar-refractivity contribution in [3.63, 3.8) is 0 Å². The fourth-order valence-electron chi connectivity index (χ4n) is 1.93. The maximum absolute atomic E-state index is 12.7. The molecule has 0 bridgehead atoms. The van der Waals surface area contributed by atoms with Crippen molar-refractivity contribution in [3.8, 4) is 0 Å². The molecule has 0 saturated carbocycles. The average Bonchev–Trinajstić information content (AvgIpc) is 2.46. The molecule has 0 amide bonds. The number of nitrogens with zero attached hydrogens (tertiary/aromatic N) is 2. The highest BCUT2D eigenvalue weighted by Crippen LogP contribution is 2.20. The van der Waals surface area contributed by atoms with Gasteiger partial charge in [-0.2, -0.15) is 0 Å². The Labute approximate surface area is 123 Å². The smallest absolute Gasteiger partial charge is 0.264 e. The highest BCUT2D eigenvalue weighted by atomic mass is 32.2. The molecule has 1 aromatic heterocycles. The number of pyridine rings is 1. The van der Waals surface area contributed by atoms with Gasteiger partial charge in [0.25, 0.3) is 5.91 Å². The Morgan fingerprint density at radius 3 is 2.55 bits per heavy atom. The van der Waals surface area contributed by atoms with E-state index in [0.717, 1.165) is 4.90 Å². The summed E-state index contributed by atoms with van der Waals surface area (Å²) >= 11 is 1.57. The third-order valence-electron chi connectivity index (χ3n) is 2.79. The quantitative estimate of drug-likeness (QED) is 0.812. The van der Waals surface area contributed by atoms with Crippen LogP contribution in [0.2, 0.25) is 0 Å². The Balaban J connectivity index is 2.55. The van der Waals surface area contributed by atoms with E-state index in [4.69, 9.17) is 0 Å². The topological polar surface area (TPSA) is 34.4 Å². The number of carbonyl (C=O) groups excluding carboxylic acids is 1. The second-order valence-electron chi connectivity index (χ2n) is 4.66. The van der Waals surface area contributed by atoms with E-state index in [1.54, 1.807) is 22.5 Å². The largest absolute Gasteiger partial charge is 0.268 e. The lowest BCUT2D eigenvalue weighted by molar-refractivity contribution is 0.0951. The molecule has 0 aliphatic rings. The number of hydrogen-bond donors (Lipinski definition) is 0. The molecule has 0 saturated heterocycles. The number of aromatic nitrogens is 1. The van der Waals surface area contributed by atoms with Gasteiger partial charge in [-0.3, -0.25) is 14.4 Å². The Morgan fingerprint density at radius 2 is 1.85 bits per heavy atom. The Bertz CT molecular complexity index is 674. The van der Waals surface area contributed by atoms with Crippen molar-refractivity contribution >= 4 is 17.7 Å². The summed E-state index contributed by atoms with van der Waals surface area (Å²) in [6.45, 7) is 4.00. The van der Waals surface area contributed by atoms with E-state index in [1.165, 1.54) is 0 Å². The zero-order chi connectivity index (χ0) is 14.5. The average molecular weight is 286 g/mol. The van der Waals surface area contributed by atoms with Crippen LogP contribution in [0.3, 0.4) is 0 Å². The highest BCUT2D eigenvalue weighted by molar-refractivity contribution is 7.98. The zero-order valence-corrected chi connectivity index (χ0v) is 12.7. The van der Waals surface area contributed by atoms with Crippen molar-refractivity contribution < 1.29 is 4.79 Å². The molecular formula is C16H18N2OS. The predicted octanol–water partition coefficient (Wildman–Crippen LogP) is 3.21. The van der Waals surface area contributed by atoms with Crippen molar-refractivity contribution in [2.24, 2.45) is 4.99 Å². The summed E-state index contributed by atoms with van der Waals surface area (Å²) in [5.41, 5.74) is 1.39. The van der Waals surface area contributed by atoms with Crippen LogP contribution in [0, 0.1) is 0 Å². The number of thioether (sulfide) groups is 1. The van der Waals surface area contributed by atoms with Gasteiger partial charge in [-0.05, 0) is 44.4 Å². The molecule has 2 rings (SSSR count). The van der Waals surface area contributed by atoms with E-state index < -0.39 is 0 Å². The third kappa shape index (κ3) is 3.20. The summed E-state index contributed by atoms with van der Waals surface area (Å²) in [6, 6.07) is 13.4. The van der Waals surface area contributed by atoms with Gasteiger partial charge in [0.1, 0.15) is 5.49 Å².